The fourth-order valence-corrected chi connectivity index (χ4v) is 2.95. The quantitative estimate of drug-likeness (QED) is 0.737. The second kappa shape index (κ2) is 7.27. The number of carbonyl (C=O) groups excluding carboxylic acids is 2. The van der Waals surface area contributed by atoms with Crippen LogP contribution in [0.2, 0.25) is 0 Å². The van der Waals surface area contributed by atoms with Gasteiger partial charge in [0, 0.05) is 28.4 Å². The van der Waals surface area contributed by atoms with Gasteiger partial charge in [-0.2, -0.15) is 0 Å². The van der Waals surface area contributed by atoms with Gasteiger partial charge in [0.2, 0.25) is 0 Å². The molecule has 3 aromatic rings. The summed E-state index contributed by atoms with van der Waals surface area (Å²) < 4.78 is 0. The lowest BCUT2D eigenvalue weighted by Crippen LogP contribution is -2.14. The van der Waals surface area contributed by atoms with Crippen LogP contribution in [-0.2, 0) is 0 Å². The van der Waals surface area contributed by atoms with Gasteiger partial charge in [-0.1, -0.05) is 17.7 Å². The van der Waals surface area contributed by atoms with Crippen LogP contribution in [0.5, 0.6) is 0 Å². The van der Waals surface area contributed by atoms with Crippen LogP contribution in [0.3, 0.4) is 0 Å². The van der Waals surface area contributed by atoms with Gasteiger partial charge in [-0.3, -0.25) is 14.9 Å². The number of hydrogen-bond acceptors (Lipinski definition) is 4. The molecule has 126 valence electrons. The van der Waals surface area contributed by atoms with E-state index in [0.717, 1.165) is 11.1 Å². The standard InChI is InChI=1S/C19H17N3O2S/c1-12-3-8-16(13(2)11-12)18(24)21-15-6-4-14(5-7-15)17(23)22-19-20-9-10-25-19/h3-11H,1-2H3,(H,21,24)(H,20,22,23). The van der Waals surface area contributed by atoms with Gasteiger partial charge < -0.3 is 5.32 Å². The summed E-state index contributed by atoms with van der Waals surface area (Å²) in [4.78, 5) is 28.5. The van der Waals surface area contributed by atoms with Crippen LogP contribution in [0.1, 0.15) is 31.8 Å². The molecule has 5 nitrogen and oxygen atoms in total. The highest BCUT2D eigenvalue weighted by atomic mass is 32.1. The number of thiazole rings is 1. The first-order valence-electron chi connectivity index (χ1n) is 7.72. The third kappa shape index (κ3) is 4.10. The van der Waals surface area contributed by atoms with E-state index >= 15 is 0 Å². The van der Waals surface area contributed by atoms with Crippen molar-refractivity contribution in [3.05, 3.63) is 76.3 Å². The van der Waals surface area contributed by atoms with E-state index in [1.807, 2.05) is 32.0 Å². The number of carbonyl (C=O) groups is 2. The van der Waals surface area contributed by atoms with Gasteiger partial charge in [-0.15, -0.1) is 11.3 Å². The first kappa shape index (κ1) is 16.9. The Labute approximate surface area is 149 Å². The van der Waals surface area contributed by atoms with E-state index in [4.69, 9.17) is 0 Å². The van der Waals surface area contributed by atoms with Gasteiger partial charge in [0.25, 0.3) is 11.8 Å². The normalized spacial score (nSPS) is 10.3. The van der Waals surface area contributed by atoms with Crippen LogP contribution in [0.25, 0.3) is 0 Å². The van der Waals surface area contributed by atoms with Crippen molar-refractivity contribution in [2.45, 2.75) is 13.8 Å². The predicted molar refractivity (Wildman–Crippen MR) is 100 cm³/mol. The molecule has 0 aliphatic heterocycles. The van der Waals surface area contributed by atoms with Gasteiger partial charge in [0.1, 0.15) is 0 Å². The van der Waals surface area contributed by atoms with Crippen LogP contribution in [-0.4, -0.2) is 16.8 Å². The minimum absolute atomic E-state index is 0.169. The maximum Gasteiger partial charge on any atom is 0.257 e. The average molecular weight is 351 g/mol. The zero-order chi connectivity index (χ0) is 17.8. The molecule has 6 heteroatoms. The summed E-state index contributed by atoms with van der Waals surface area (Å²) in [6, 6.07) is 12.4. The van der Waals surface area contributed by atoms with Crippen molar-refractivity contribution in [3.63, 3.8) is 0 Å². The maximum absolute atomic E-state index is 12.4. The Kier molecular flexibility index (Phi) is 4.90. The Hall–Kier alpha value is -2.99. The van der Waals surface area contributed by atoms with E-state index in [-0.39, 0.29) is 11.8 Å². The summed E-state index contributed by atoms with van der Waals surface area (Å²) in [6.07, 6.45) is 1.63. The number of hydrogen-bond donors (Lipinski definition) is 2. The first-order valence-corrected chi connectivity index (χ1v) is 8.60. The molecule has 0 atom stereocenters. The average Bonchev–Trinajstić information content (AvgIpc) is 3.08. The molecule has 2 amide bonds. The van der Waals surface area contributed by atoms with Crippen molar-refractivity contribution < 1.29 is 9.59 Å². The number of anilines is 2. The van der Waals surface area contributed by atoms with E-state index in [0.29, 0.717) is 21.9 Å². The van der Waals surface area contributed by atoms with Gasteiger partial charge in [0.05, 0.1) is 0 Å². The number of nitrogens with zero attached hydrogens (tertiary/aromatic N) is 1. The van der Waals surface area contributed by atoms with E-state index in [9.17, 15) is 9.59 Å². The van der Waals surface area contributed by atoms with Crippen LogP contribution >= 0.6 is 11.3 Å². The molecule has 0 aliphatic rings. The fraction of sp³-hybridized carbons (Fsp3) is 0.105. The Bertz CT molecular complexity index is 903. The first-order chi connectivity index (χ1) is 12.0. The lowest BCUT2D eigenvalue weighted by molar-refractivity contribution is 0.101. The third-order valence-electron chi connectivity index (χ3n) is 3.68. The predicted octanol–water partition coefficient (Wildman–Crippen LogP) is 4.26. The second-order valence-electron chi connectivity index (χ2n) is 5.64. The summed E-state index contributed by atoms with van der Waals surface area (Å²) in [5, 5.41) is 7.91. The van der Waals surface area contributed by atoms with E-state index in [2.05, 4.69) is 15.6 Å². The summed E-state index contributed by atoms with van der Waals surface area (Å²) in [6.45, 7) is 3.90. The Morgan fingerprint density at radius 3 is 2.36 bits per heavy atom. The Balaban J connectivity index is 1.68. The van der Waals surface area contributed by atoms with Crippen molar-refractivity contribution in [3.8, 4) is 0 Å². The molecule has 0 fully saturated rings. The van der Waals surface area contributed by atoms with Gasteiger partial charge in [-0.25, -0.2) is 4.98 Å². The van der Waals surface area contributed by atoms with Gasteiger partial charge >= 0.3 is 0 Å². The number of benzene rings is 2. The van der Waals surface area contributed by atoms with Crippen LogP contribution in [0, 0.1) is 13.8 Å². The molecule has 0 radical (unpaired) electrons. The van der Waals surface area contributed by atoms with E-state index in [1.165, 1.54) is 11.3 Å². The van der Waals surface area contributed by atoms with Crippen LogP contribution in [0.4, 0.5) is 10.8 Å². The molecule has 25 heavy (non-hydrogen) atoms. The molecular formula is C19H17N3O2S. The fourth-order valence-electron chi connectivity index (χ4n) is 2.43. The minimum atomic E-state index is -0.234. The summed E-state index contributed by atoms with van der Waals surface area (Å²) in [5.41, 5.74) is 3.81. The molecular weight excluding hydrogens is 334 g/mol. The second-order valence-corrected chi connectivity index (χ2v) is 6.54. The molecule has 0 saturated heterocycles. The lowest BCUT2D eigenvalue weighted by atomic mass is 10.1. The summed E-state index contributed by atoms with van der Waals surface area (Å²) in [5.74, 6) is -0.403. The molecule has 0 aliphatic carbocycles. The van der Waals surface area contributed by atoms with Gasteiger partial charge in [0.15, 0.2) is 5.13 Å². The van der Waals surface area contributed by atoms with E-state index in [1.54, 1.807) is 35.8 Å². The number of aryl methyl sites for hydroxylation is 2. The number of aromatic nitrogens is 1. The zero-order valence-corrected chi connectivity index (χ0v) is 14.7. The Morgan fingerprint density at radius 1 is 0.960 bits per heavy atom. The topological polar surface area (TPSA) is 71.1 Å². The molecule has 0 saturated carbocycles. The minimum Gasteiger partial charge on any atom is -0.322 e. The highest BCUT2D eigenvalue weighted by Gasteiger charge is 2.11. The molecule has 0 unspecified atom stereocenters. The molecule has 1 aromatic heterocycles. The van der Waals surface area contributed by atoms with Crippen LogP contribution in [0.15, 0.2) is 54.0 Å². The summed E-state index contributed by atoms with van der Waals surface area (Å²) in [7, 11) is 0. The van der Waals surface area contributed by atoms with Crippen LogP contribution < -0.4 is 10.6 Å². The molecule has 0 spiro atoms. The highest BCUT2D eigenvalue weighted by molar-refractivity contribution is 7.13. The zero-order valence-electron chi connectivity index (χ0n) is 13.9. The molecule has 2 N–H and O–H groups in total. The molecule has 1 heterocycles. The highest BCUT2D eigenvalue weighted by Crippen LogP contribution is 2.16. The maximum atomic E-state index is 12.4. The SMILES string of the molecule is Cc1ccc(C(=O)Nc2ccc(C(=O)Nc3nccs3)cc2)c(C)c1. The molecule has 2 aromatic carbocycles. The summed E-state index contributed by atoms with van der Waals surface area (Å²) >= 11 is 1.36. The van der Waals surface area contributed by atoms with Crippen molar-refractivity contribution in [1.82, 2.24) is 4.98 Å². The largest absolute Gasteiger partial charge is 0.322 e. The van der Waals surface area contributed by atoms with Gasteiger partial charge in [-0.05, 0) is 49.7 Å². The van der Waals surface area contributed by atoms with Crippen molar-refractivity contribution in [2.75, 3.05) is 10.6 Å². The molecule has 0 bridgehead atoms. The monoisotopic (exact) mass is 351 g/mol. The van der Waals surface area contributed by atoms with E-state index < -0.39 is 0 Å². The number of amides is 2. The smallest absolute Gasteiger partial charge is 0.257 e. The molecule has 3 rings (SSSR count). The number of rotatable bonds is 4. The van der Waals surface area contributed by atoms with Crippen molar-refractivity contribution in [1.29, 1.82) is 0 Å². The van der Waals surface area contributed by atoms with Crippen molar-refractivity contribution >= 4 is 34.0 Å². The third-order valence-corrected chi connectivity index (χ3v) is 4.37. The Morgan fingerprint density at radius 2 is 1.72 bits per heavy atom. The lowest BCUT2D eigenvalue weighted by Gasteiger charge is -2.09. The van der Waals surface area contributed by atoms with Crippen molar-refractivity contribution in [2.24, 2.45) is 0 Å². The number of nitrogens with one attached hydrogen (secondary N) is 2.